The Morgan fingerprint density at radius 2 is 1.90 bits per heavy atom. The summed E-state index contributed by atoms with van der Waals surface area (Å²) in [5, 5.41) is 10.4. The molecule has 2 unspecified atom stereocenters. The number of hydrogen-bond donors (Lipinski definition) is 1. The monoisotopic (exact) mass is 282 g/mol. The fourth-order valence-corrected chi connectivity index (χ4v) is 5.24. The SMILES string of the molecule is C[C@@H]1CC[C@H]2[C@@H](C)C(=O)OC3C4C[C@@H]1[C@]32OO[C@@]4(C)O. The molecule has 112 valence electrons. The minimum absolute atomic E-state index is 0.135. The van der Waals surface area contributed by atoms with E-state index in [0.717, 1.165) is 19.3 Å². The van der Waals surface area contributed by atoms with Crippen LogP contribution in [-0.2, 0) is 19.3 Å². The molecular formula is C15H22O5. The second-order valence-corrected chi connectivity index (χ2v) is 7.33. The topological polar surface area (TPSA) is 65.0 Å². The molecular weight excluding hydrogens is 260 g/mol. The van der Waals surface area contributed by atoms with E-state index in [1.165, 1.54) is 0 Å². The molecule has 1 N–H and O–H groups in total. The number of esters is 1. The molecule has 2 bridgehead atoms. The first kappa shape index (κ1) is 13.0. The van der Waals surface area contributed by atoms with Gasteiger partial charge in [-0.05, 0) is 38.0 Å². The number of rotatable bonds is 0. The van der Waals surface area contributed by atoms with Gasteiger partial charge in [0.2, 0.25) is 5.79 Å². The zero-order chi connectivity index (χ0) is 14.3. The molecule has 1 spiro atoms. The standard InChI is InChI=1S/C15H22O5/c1-7-4-5-9-8(2)13(16)18-12-11-6-10(7)15(9,12)20-19-14(11,3)17/h7-12,17H,4-6H2,1-3H3/t7-,8-,9+,10+,11?,12?,14-,15+/m1/s1. The molecule has 20 heavy (non-hydrogen) atoms. The van der Waals surface area contributed by atoms with Crippen LogP contribution in [0.5, 0.6) is 0 Å². The van der Waals surface area contributed by atoms with E-state index in [1.54, 1.807) is 6.92 Å². The van der Waals surface area contributed by atoms with Gasteiger partial charge in [-0.25, -0.2) is 9.78 Å². The average Bonchev–Trinajstić information content (AvgIpc) is 2.66. The van der Waals surface area contributed by atoms with Gasteiger partial charge in [-0.1, -0.05) is 13.8 Å². The molecule has 2 saturated heterocycles. The van der Waals surface area contributed by atoms with E-state index in [1.807, 2.05) is 6.92 Å². The number of aliphatic hydroxyl groups is 1. The predicted molar refractivity (Wildman–Crippen MR) is 68.1 cm³/mol. The van der Waals surface area contributed by atoms with Crippen molar-refractivity contribution >= 4 is 5.97 Å². The Labute approximate surface area is 118 Å². The largest absolute Gasteiger partial charge is 0.458 e. The smallest absolute Gasteiger partial charge is 0.309 e. The summed E-state index contributed by atoms with van der Waals surface area (Å²) in [6.07, 6.45) is 2.49. The fourth-order valence-electron chi connectivity index (χ4n) is 5.24. The molecule has 2 saturated carbocycles. The highest BCUT2D eigenvalue weighted by Crippen LogP contribution is 2.64. The van der Waals surface area contributed by atoms with Gasteiger partial charge in [-0.3, -0.25) is 4.79 Å². The van der Waals surface area contributed by atoms with Crippen LogP contribution in [0.15, 0.2) is 0 Å². The van der Waals surface area contributed by atoms with Crippen molar-refractivity contribution in [1.82, 2.24) is 0 Å². The molecule has 2 aliphatic carbocycles. The molecule has 4 rings (SSSR count). The van der Waals surface area contributed by atoms with Crippen molar-refractivity contribution in [3.8, 4) is 0 Å². The summed E-state index contributed by atoms with van der Waals surface area (Å²) >= 11 is 0. The summed E-state index contributed by atoms with van der Waals surface area (Å²) in [6, 6.07) is 0. The van der Waals surface area contributed by atoms with Crippen LogP contribution in [0.3, 0.4) is 0 Å². The molecule has 4 fully saturated rings. The lowest BCUT2D eigenvalue weighted by Crippen LogP contribution is -2.68. The van der Waals surface area contributed by atoms with E-state index in [2.05, 4.69) is 6.92 Å². The van der Waals surface area contributed by atoms with E-state index in [9.17, 15) is 9.90 Å². The first-order chi connectivity index (χ1) is 9.38. The van der Waals surface area contributed by atoms with Crippen LogP contribution in [0.4, 0.5) is 0 Å². The lowest BCUT2D eigenvalue weighted by Gasteiger charge is -2.56. The van der Waals surface area contributed by atoms with Crippen LogP contribution in [0, 0.1) is 29.6 Å². The summed E-state index contributed by atoms with van der Waals surface area (Å²) in [7, 11) is 0. The van der Waals surface area contributed by atoms with Gasteiger partial charge in [0.25, 0.3) is 0 Å². The molecule has 0 amide bonds. The third-order valence-corrected chi connectivity index (χ3v) is 6.36. The Bertz CT molecular complexity index is 461. The normalized spacial score (nSPS) is 60.9. The van der Waals surface area contributed by atoms with Crippen LogP contribution in [0.25, 0.3) is 0 Å². The third kappa shape index (κ3) is 1.32. The molecule has 0 aromatic carbocycles. The first-order valence-electron chi connectivity index (χ1n) is 7.67. The van der Waals surface area contributed by atoms with E-state index >= 15 is 0 Å². The molecule has 4 aliphatic rings. The second-order valence-electron chi connectivity index (χ2n) is 7.33. The number of ether oxygens (including phenoxy) is 1. The Kier molecular flexibility index (Phi) is 2.45. The Morgan fingerprint density at radius 3 is 2.65 bits per heavy atom. The Balaban J connectivity index is 1.84. The quantitative estimate of drug-likeness (QED) is 0.540. The minimum Gasteiger partial charge on any atom is -0.458 e. The first-order valence-corrected chi connectivity index (χ1v) is 7.67. The molecule has 2 heterocycles. The highest BCUT2D eigenvalue weighted by atomic mass is 17.2. The predicted octanol–water partition coefficient (Wildman–Crippen LogP) is 1.64. The molecule has 0 aromatic heterocycles. The zero-order valence-corrected chi connectivity index (χ0v) is 12.2. The fraction of sp³-hybridized carbons (Fsp3) is 0.933. The Hall–Kier alpha value is -0.650. The van der Waals surface area contributed by atoms with Gasteiger partial charge >= 0.3 is 5.97 Å². The molecule has 5 nitrogen and oxygen atoms in total. The second kappa shape index (κ2) is 3.76. The zero-order valence-electron chi connectivity index (χ0n) is 12.2. The maximum atomic E-state index is 12.2. The molecule has 2 aliphatic heterocycles. The summed E-state index contributed by atoms with van der Waals surface area (Å²) in [5.74, 6) is -0.958. The molecule has 5 heteroatoms. The number of carbonyl (C=O) groups excluding carboxylic acids is 1. The third-order valence-electron chi connectivity index (χ3n) is 6.36. The summed E-state index contributed by atoms with van der Waals surface area (Å²) in [5.41, 5.74) is -0.544. The van der Waals surface area contributed by atoms with Crippen molar-refractivity contribution in [2.45, 2.75) is 57.5 Å². The van der Waals surface area contributed by atoms with Gasteiger partial charge < -0.3 is 9.84 Å². The lowest BCUT2D eigenvalue weighted by atomic mass is 9.60. The Morgan fingerprint density at radius 1 is 1.15 bits per heavy atom. The van der Waals surface area contributed by atoms with E-state index in [0.29, 0.717) is 11.8 Å². The van der Waals surface area contributed by atoms with Crippen LogP contribution < -0.4 is 0 Å². The van der Waals surface area contributed by atoms with Crippen molar-refractivity contribution in [2.75, 3.05) is 0 Å². The lowest BCUT2D eigenvalue weighted by molar-refractivity contribution is -0.517. The van der Waals surface area contributed by atoms with E-state index < -0.39 is 11.4 Å². The van der Waals surface area contributed by atoms with Crippen LogP contribution in [0.1, 0.15) is 40.0 Å². The highest BCUT2D eigenvalue weighted by molar-refractivity contribution is 5.74. The van der Waals surface area contributed by atoms with Gasteiger partial charge in [-0.15, -0.1) is 0 Å². The highest BCUT2D eigenvalue weighted by Gasteiger charge is 2.74. The number of hydrogen-bond acceptors (Lipinski definition) is 5. The summed E-state index contributed by atoms with van der Waals surface area (Å²) in [6.45, 7) is 5.76. The van der Waals surface area contributed by atoms with Crippen molar-refractivity contribution in [3.05, 3.63) is 0 Å². The summed E-state index contributed by atoms with van der Waals surface area (Å²) in [4.78, 5) is 23.3. The average molecular weight is 282 g/mol. The maximum Gasteiger partial charge on any atom is 0.309 e. The minimum atomic E-state index is -1.38. The molecule has 0 aromatic rings. The number of carbonyl (C=O) groups is 1. The summed E-state index contributed by atoms with van der Waals surface area (Å²) < 4.78 is 5.70. The van der Waals surface area contributed by atoms with Crippen LogP contribution in [-0.4, -0.2) is 28.6 Å². The van der Waals surface area contributed by atoms with Gasteiger partial charge in [0.15, 0.2) is 0 Å². The molecule has 0 radical (unpaired) electrons. The van der Waals surface area contributed by atoms with Gasteiger partial charge in [0, 0.05) is 5.92 Å². The van der Waals surface area contributed by atoms with Gasteiger partial charge in [0.1, 0.15) is 11.7 Å². The van der Waals surface area contributed by atoms with Gasteiger partial charge in [0.05, 0.1) is 11.8 Å². The van der Waals surface area contributed by atoms with Crippen molar-refractivity contribution in [3.63, 3.8) is 0 Å². The van der Waals surface area contributed by atoms with Crippen LogP contribution >= 0.6 is 0 Å². The van der Waals surface area contributed by atoms with Crippen molar-refractivity contribution in [1.29, 1.82) is 0 Å². The molecule has 8 atom stereocenters. The van der Waals surface area contributed by atoms with E-state index in [4.69, 9.17) is 14.5 Å². The van der Waals surface area contributed by atoms with Gasteiger partial charge in [-0.2, -0.15) is 0 Å². The van der Waals surface area contributed by atoms with E-state index in [-0.39, 0.29) is 29.8 Å². The van der Waals surface area contributed by atoms with Crippen molar-refractivity contribution < 1.29 is 24.4 Å². The maximum absolute atomic E-state index is 12.2. The van der Waals surface area contributed by atoms with Crippen molar-refractivity contribution in [2.24, 2.45) is 29.6 Å². The van der Waals surface area contributed by atoms with Crippen LogP contribution in [0.2, 0.25) is 0 Å².